The lowest BCUT2D eigenvalue weighted by molar-refractivity contribution is 0.339. The van der Waals surface area contributed by atoms with Crippen LogP contribution in [0.3, 0.4) is 0 Å². The molecule has 1 fully saturated rings. The fourth-order valence-corrected chi connectivity index (χ4v) is 4.27. The molecule has 0 N–H and O–H groups in total. The molecule has 0 atom stereocenters. The van der Waals surface area contributed by atoms with E-state index in [1.165, 1.54) is 0 Å². The average Bonchev–Trinajstić information content (AvgIpc) is 2.56. The molecule has 24 heavy (non-hydrogen) atoms. The molecule has 0 nitrogen and oxygen atoms in total. The molecule has 2 aromatic carbocycles. The van der Waals surface area contributed by atoms with E-state index in [1.54, 1.807) is 12.1 Å². The van der Waals surface area contributed by atoms with Crippen molar-refractivity contribution >= 4 is 0 Å². The van der Waals surface area contributed by atoms with E-state index in [-0.39, 0.29) is 17.0 Å². The molecule has 0 spiro atoms. The normalized spacial score (nSPS) is 21.9. The first-order valence-electron chi connectivity index (χ1n) is 8.86. The second kappa shape index (κ2) is 5.65. The summed E-state index contributed by atoms with van der Waals surface area (Å²) < 4.78 is 43.9. The maximum atomic E-state index is 14.7. The average molecular weight is 330 g/mol. The molecule has 4 rings (SSSR count). The summed E-state index contributed by atoms with van der Waals surface area (Å²) >= 11 is 0. The summed E-state index contributed by atoms with van der Waals surface area (Å²) in [5.74, 6) is -1.33. The Morgan fingerprint density at radius 3 is 2.21 bits per heavy atom. The number of rotatable bonds is 2. The zero-order valence-electron chi connectivity index (χ0n) is 14.1. The Kier molecular flexibility index (Phi) is 3.70. The fraction of sp³-hybridized carbons (Fsp3) is 0.429. The summed E-state index contributed by atoms with van der Waals surface area (Å²) in [6, 6.07) is 5.35. The maximum Gasteiger partial charge on any atom is 0.167 e. The van der Waals surface area contributed by atoms with Crippen LogP contribution < -0.4 is 0 Å². The predicted octanol–water partition coefficient (Wildman–Crippen LogP) is 6.61. The predicted molar refractivity (Wildman–Crippen MR) is 90.5 cm³/mol. The number of hydrogen-bond acceptors (Lipinski definition) is 0. The number of hydrogen-bond donors (Lipinski definition) is 0. The lowest BCUT2D eigenvalue weighted by Gasteiger charge is -2.31. The Morgan fingerprint density at radius 1 is 0.875 bits per heavy atom. The molecule has 0 aromatic heterocycles. The van der Waals surface area contributed by atoms with Gasteiger partial charge in [-0.25, -0.2) is 13.2 Å². The lowest BCUT2D eigenvalue weighted by atomic mass is 9.74. The van der Waals surface area contributed by atoms with Crippen molar-refractivity contribution in [3.63, 3.8) is 0 Å². The Balaban J connectivity index is 1.80. The van der Waals surface area contributed by atoms with Crippen molar-refractivity contribution in [2.24, 2.45) is 5.92 Å². The molecule has 1 saturated carbocycles. The van der Waals surface area contributed by atoms with Gasteiger partial charge in [-0.1, -0.05) is 38.8 Å². The molecular formula is C21H21F3. The summed E-state index contributed by atoms with van der Waals surface area (Å²) in [6.45, 7) is 4.06. The van der Waals surface area contributed by atoms with Crippen LogP contribution in [0.25, 0.3) is 22.3 Å². The van der Waals surface area contributed by atoms with E-state index in [4.69, 9.17) is 0 Å². The molecule has 2 aliphatic carbocycles. The number of aryl methyl sites for hydroxylation is 1. The highest BCUT2D eigenvalue weighted by Crippen LogP contribution is 2.53. The largest absolute Gasteiger partial charge is 0.206 e. The smallest absolute Gasteiger partial charge is 0.167 e. The summed E-state index contributed by atoms with van der Waals surface area (Å²) in [4.78, 5) is 0. The zero-order valence-corrected chi connectivity index (χ0v) is 14.1. The SMILES string of the molecule is CCc1ccc2c(c1F)-c1c-2cc(C2CCC(C)CC2)c(F)c1F. The summed E-state index contributed by atoms with van der Waals surface area (Å²) in [7, 11) is 0. The molecule has 2 aromatic rings. The number of benzene rings is 2. The minimum absolute atomic E-state index is 0.0739. The topological polar surface area (TPSA) is 0 Å². The van der Waals surface area contributed by atoms with Gasteiger partial charge in [0.15, 0.2) is 11.6 Å². The third-order valence-corrected chi connectivity index (χ3v) is 5.83. The minimum atomic E-state index is -0.874. The van der Waals surface area contributed by atoms with Gasteiger partial charge in [0.05, 0.1) is 0 Å². The van der Waals surface area contributed by atoms with Gasteiger partial charge < -0.3 is 0 Å². The molecule has 0 bridgehead atoms. The van der Waals surface area contributed by atoms with Gasteiger partial charge in [0.2, 0.25) is 0 Å². The molecule has 2 aliphatic rings. The van der Waals surface area contributed by atoms with Crippen LogP contribution in [0.15, 0.2) is 18.2 Å². The van der Waals surface area contributed by atoms with Crippen LogP contribution in [-0.2, 0) is 6.42 Å². The zero-order chi connectivity index (χ0) is 17.0. The van der Waals surface area contributed by atoms with Crippen LogP contribution in [0.5, 0.6) is 0 Å². The molecule has 0 aliphatic heterocycles. The third-order valence-electron chi connectivity index (χ3n) is 5.83. The first kappa shape index (κ1) is 15.7. The van der Waals surface area contributed by atoms with Gasteiger partial charge in [-0.3, -0.25) is 0 Å². The van der Waals surface area contributed by atoms with E-state index in [2.05, 4.69) is 6.92 Å². The van der Waals surface area contributed by atoms with Crippen LogP contribution in [-0.4, -0.2) is 0 Å². The first-order chi connectivity index (χ1) is 11.5. The highest BCUT2D eigenvalue weighted by molar-refractivity contribution is 6.03. The second-order valence-corrected chi connectivity index (χ2v) is 7.29. The highest BCUT2D eigenvalue weighted by Gasteiger charge is 2.35. The molecular weight excluding hydrogens is 309 g/mol. The van der Waals surface area contributed by atoms with E-state index in [0.29, 0.717) is 34.6 Å². The van der Waals surface area contributed by atoms with Crippen molar-refractivity contribution in [2.45, 2.75) is 51.9 Å². The molecule has 0 saturated heterocycles. The van der Waals surface area contributed by atoms with Crippen LogP contribution in [0.1, 0.15) is 56.6 Å². The van der Waals surface area contributed by atoms with Crippen molar-refractivity contribution in [2.75, 3.05) is 0 Å². The Bertz CT molecular complexity index is 815. The van der Waals surface area contributed by atoms with Gasteiger partial charge in [0.25, 0.3) is 0 Å². The summed E-state index contributed by atoms with van der Waals surface area (Å²) in [6.07, 6.45) is 4.43. The van der Waals surface area contributed by atoms with E-state index >= 15 is 0 Å². The van der Waals surface area contributed by atoms with Gasteiger partial charge in [0, 0.05) is 11.1 Å². The van der Waals surface area contributed by atoms with E-state index in [9.17, 15) is 13.2 Å². The van der Waals surface area contributed by atoms with Crippen molar-refractivity contribution < 1.29 is 13.2 Å². The van der Waals surface area contributed by atoms with Gasteiger partial charge in [-0.15, -0.1) is 0 Å². The molecule has 0 heterocycles. The summed E-state index contributed by atoms with van der Waals surface area (Å²) in [5, 5.41) is 0. The Morgan fingerprint density at radius 2 is 1.54 bits per heavy atom. The monoisotopic (exact) mass is 330 g/mol. The van der Waals surface area contributed by atoms with Crippen LogP contribution in [0.2, 0.25) is 0 Å². The third kappa shape index (κ3) is 2.13. The molecule has 3 heteroatoms. The Hall–Kier alpha value is -1.77. The van der Waals surface area contributed by atoms with Gasteiger partial charge in [-0.2, -0.15) is 0 Å². The minimum Gasteiger partial charge on any atom is -0.206 e. The van der Waals surface area contributed by atoms with Crippen molar-refractivity contribution in [1.29, 1.82) is 0 Å². The van der Waals surface area contributed by atoms with Gasteiger partial charge in [-0.05, 0) is 59.4 Å². The molecule has 126 valence electrons. The number of fused-ring (bicyclic) bond motifs is 4. The highest BCUT2D eigenvalue weighted by atomic mass is 19.2. The standard InChI is InChI=1S/C21H21F3/c1-3-12-8-9-14-16-10-15(13-6-4-11(2)5-7-13)20(23)21(24)18(16)17(14)19(12)22/h8-11,13H,3-7H2,1-2H3. The second-order valence-electron chi connectivity index (χ2n) is 7.29. The van der Waals surface area contributed by atoms with E-state index in [1.807, 2.05) is 13.0 Å². The fourth-order valence-electron chi connectivity index (χ4n) is 4.27. The van der Waals surface area contributed by atoms with Gasteiger partial charge in [0.1, 0.15) is 5.82 Å². The van der Waals surface area contributed by atoms with Gasteiger partial charge >= 0.3 is 0 Å². The van der Waals surface area contributed by atoms with Crippen LogP contribution in [0, 0.1) is 23.4 Å². The lowest BCUT2D eigenvalue weighted by Crippen LogP contribution is -2.16. The van der Waals surface area contributed by atoms with Crippen LogP contribution in [0.4, 0.5) is 13.2 Å². The first-order valence-corrected chi connectivity index (χ1v) is 8.86. The van der Waals surface area contributed by atoms with Crippen molar-refractivity contribution in [1.82, 2.24) is 0 Å². The molecule has 0 amide bonds. The number of halogens is 3. The Labute approximate surface area is 140 Å². The molecule has 0 radical (unpaired) electrons. The molecule has 0 unspecified atom stereocenters. The van der Waals surface area contributed by atoms with Crippen LogP contribution >= 0.6 is 0 Å². The van der Waals surface area contributed by atoms with Crippen molar-refractivity contribution in [3.05, 3.63) is 46.8 Å². The summed E-state index contributed by atoms with van der Waals surface area (Å²) in [5.41, 5.74) is 2.78. The van der Waals surface area contributed by atoms with E-state index in [0.717, 1.165) is 25.7 Å². The van der Waals surface area contributed by atoms with Crippen molar-refractivity contribution in [3.8, 4) is 22.3 Å². The van der Waals surface area contributed by atoms with E-state index < -0.39 is 17.5 Å². The maximum absolute atomic E-state index is 14.7. The quantitative estimate of drug-likeness (QED) is 0.496.